The van der Waals surface area contributed by atoms with Crippen molar-refractivity contribution >= 4 is 94.4 Å². The summed E-state index contributed by atoms with van der Waals surface area (Å²) in [5, 5.41) is 33.4. The largest absolute Gasteiger partial charge is 0.494 e. The Hall–Kier alpha value is -5.95. The van der Waals surface area contributed by atoms with Gasteiger partial charge in [0, 0.05) is 17.0 Å². The first-order valence-corrected chi connectivity index (χ1v) is 22.9. The van der Waals surface area contributed by atoms with Crippen molar-refractivity contribution in [2.24, 2.45) is 20.5 Å². The van der Waals surface area contributed by atoms with Gasteiger partial charge in [0.05, 0.1) is 77.1 Å². The third-order valence-electron chi connectivity index (χ3n) is 8.14. The second-order valence-corrected chi connectivity index (χ2v) is 18.0. The van der Waals surface area contributed by atoms with Crippen molar-refractivity contribution in [3.05, 3.63) is 84.9 Å². The smallest absolute Gasteiger partial charge is 0.294 e. The first-order chi connectivity index (χ1) is 29.5. The number of ether oxygens (including phenoxy) is 2. The number of hydrogen-bond acceptors (Lipinski definition) is 22. The zero-order chi connectivity index (χ0) is 44.5. The normalized spacial score (nSPS) is 14.3. The molecule has 1 aliphatic heterocycles. The van der Waals surface area contributed by atoms with Gasteiger partial charge < -0.3 is 25.0 Å². The van der Waals surface area contributed by atoms with Crippen LogP contribution in [0.3, 0.4) is 0 Å². The minimum absolute atomic E-state index is 0.00236. The molecule has 6 N–H and O–H groups in total. The average Bonchev–Trinajstić information content (AvgIpc) is 4.05. The molecule has 328 valence electrons. The molecule has 1 atom stereocenters. The summed E-state index contributed by atoms with van der Waals surface area (Å²) >= 11 is 0.734. The molecule has 0 spiro atoms. The molecule has 0 bridgehead atoms. The van der Waals surface area contributed by atoms with Crippen molar-refractivity contribution < 1.29 is 63.0 Å². The number of nitrogens with zero attached hydrogens (tertiary/aromatic N) is 8. The predicted molar refractivity (Wildman–Crippen MR) is 221 cm³/mol. The van der Waals surface area contributed by atoms with Gasteiger partial charge in [-0.2, -0.15) is 60.7 Å². The molecule has 6 rings (SSSR count). The van der Waals surface area contributed by atoms with Gasteiger partial charge in [0.15, 0.2) is 5.37 Å². The molecule has 24 nitrogen and oxygen atoms in total. The van der Waals surface area contributed by atoms with E-state index in [1.165, 1.54) is 48.4 Å². The Morgan fingerprint density at radius 2 is 1.32 bits per heavy atom. The highest BCUT2D eigenvalue weighted by Gasteiger charge is 2.46. The average molecular weight is 935 g/mol. The minimum Gasteiger partial charge on any atom is -0.494 e. The van der Waals surface area contributed by atoms with Crippen molar-refractivity contribution in [2.75, 3.05) is 41.5 Å². The predicted octanol–water partition coefficient (Wildman–Crippen LogP) is 6.95. The summed E-state index contributed by atoms with van der Waals surface area (Å²) in [5.74, 6) is -0.440. The highest BCUT2D eigenvalue weighted by Crippen LogP contribution is 2.37. The van der Waals surface area contributed by atoms with E-state index in [2.05, 4.69) is 55.4 Å². The van der Waals surface area contributed by atoms with Crippen LogP contribution >= 0.6 is 12.0 Å². The van der Waals surface area contributed by atoms with E-state index in [-0.39, 0.29) is 77.3 Å². The summed E-state index contributed by atoms with van der Waals surface area (Å²) in [7, 11) is -11.8. The zero-order valence-electron chi connectivity index (χ0n) is 31.8. The lowest BCUT2D eigenvalue weighted by Gasteiger charge is -2.15. The molecule has 5 aromatic rings. The summed E-state index contributed by atoms with van der Waals surface area (Å²) < 4.78 is 114. The lowest BCUT2D eigenvalue weighted by molar-refractivity contribution is -0.432. The van der Waals surface area contributed by atoms with E-state index in [4.69, 9.17) is 19.3 Å². The molecule has 0 amide bonds. The van der Waals surface area contributed by atoms with Crippen molar-refractivity contribution in [1.29, 1.82) is 0 Å². The Balaban J connectivity index is 1.28. The Morgan fingerprint density at radius 1 is 0.742 bits per heavy atom. The number of azo groups is 2. The fourth-order valence-electron chi connectivity index (χ4n) is 5.23. The van der Waals surface area contributed by atoms with Crippen LogP contribution < -0.4 is 25.0 Å². The molecule has 1 aliphatic rings. The van der Waals surface area contributed by atoms with E-state index >= 15 is 0 Å². The van der Waals surface area contributed by atoms with Crippen LogP contribution in [0.15, 0.2) is 115 Å². The Morgan fingerprint density at radius 3 is 1.89 bits per heavy atom. The van der Waals surface area contributed by atoms with Crippen LogP contribution in [-0.2, 0) is 39.7 Å². The lowest BCUT2D eigenvalue weighted by atomic mass is 10.2. The van der Waals surface area contributed by atoms with Crippen LogP contribution in [0.4, 0.5) is 52.0 Å². The Bertz CT molecular complexity index is 2820. The van der Waals surface area contributed by atoms with Crippen LogP contribution in [0.2, 0.25) is 0 Å². The van der Waals surface area contributed by atoms with Crippen LogP contribution in [-0.4, -0.2) is 90.5 Å². The monoisotopic (exact) mass is 934 g/mol. The van der Waals surface area contributed by atoms with Gasteiger partial charge in [-0.05, 0) is 73.5 Å². The van der Waals surface area contributed by atoms with Crippen molar-refractivity contribution in [3.63, 3.8) is 0 Å². The van der Waals surface area contributed by atoms with E-state index in [1.54, 1.807) is 42.5 Å². The molecule has 1 aromatic heterocycles. The fourth-order valence-corrected chi connectivity index (χ4v) is 7.50. The second-order valence-electron chi connectivity index (χ2n) is 12.7. The quantitative estimate of drug-likeness (QED) is 0.00823. The molecule has 1 unspecified atom stereocenters. The van der Waals surface area contributed by atoms with E-state index < -0.39 is 41.5 Å². The second kappa shape index (κ2) is 19.8. The third kappa shape index (κ3) is 13.3. The van der Waals surface area contributed by atoms with Crippen molar-refractivity contribution in [1.82, 2.24) is 15.0 Å². The number of hydrogen-bond donors (Lipinski definition) is 6. The molecule has 1 fully saturated rings. The number of rotatable bonds is 21. The Kier molecular flexibility index (Phi) is 14.6. The van der Waals surface area contributed by atoms with Crippen molar-refractivity contribution in [3.8, 4) is 11.5 Å². The van der Waals surface area contributed by atoms with E-state index in [0.29, 0.717) is 22.0 Å². The molecule has 0 saturated carbocycles. The first kappa shape index (κ1) is 45.6. The van der Waals surface area contributed by atoms with Gasteiger partial charge in [0.2, 0.25) is 17.8 Å². The molecule has 2 heterocycles. The maximum Gasteiger partial charge on any atom is 0.294 e. The zero-order valence-corrected chi connectivity index (χ0v) is 35.0. The molecular weight excluding hydrogens is 901 g/mol. The molecule has 0 radical (unpaired) electrons. The number of unbranched alkanes of at least 4 members (excludes halogenated alkanes) is 1. The molecule has 4 aromatic carbocycles. The summed E-state index contributed by atoms with van der Waals surface area (Å²) in [6.07, 6.45) is 0.323. The molecule has 28 heteroatoms. The summed E-state index contributed by atoms with van der Waals surface area (Å²) in [6, 6.07) is 21.1. The van der Waals surface area contributed by atoms with Crippen LogP contribution in [0.5, 0.6) is 11.5 Å². The number of aromatic nitrogens is 3. The van der Waals surface area contributed by atoms with Gasteiger partial charge in [-0.15, -0.1) is 4.33 Å². The van der Waals surface area contributed by atoms with E-state index in [9.17, 15) is 34.4 Å². The molecule has 1 saturated heterocycles. The molecular formula is C34H34N10O14S4. The van der Waals surface area contributed by atoms with E-state index in [0.717, 1.165) is 18.1 Å². The fraction of sp³-hybridized carbons (Fsp3) is 0.206. The molecule has 62 heavy (non-hydrogen) atoms. The maximum atomic E-state index is 12.0. The minimum atomic E-state index is -4.50. The number of anilines is 5. The summed E-state index contributed by atoms with van der Waals surface area (Å²) in [6.45, 7) is -0.123. The maximum absolute atomic E-state index is 12.0. The number of benzene rings is 4. The topological polar surface area (TPSA) is 335 Å². The van der Waals surface area contributed by atoms with Gasteiger partial charge in [-0.3, -0.25) is 13.7 Å². The Labute approximate surface area is 357 Å². The highest BCUT2D eigenvalue weighted by molar-refractivity contribution is 7.94. The SMILES string of the molecule is COc1cc(N=Nc2cccc(S(=O)(=O)O)c2)ccc1Nc1nc(Nc2ccc(N=Nc3cccc(SOOO)c3)cc2OCCCCS(=O)(=O)O)nc(N2CC2S(=O)(=O)O)n1. The number of methoxy groups -OCH3 is 1. The van der Waals surface area contributed by atoms with Gasteiger partial charge >= 0.3 is 0 Å². The van der Waals surface area contributed by atoms with Crippen molar-refractivity contribution in [2.45, 2.75) is 28.0 Å². The third-order valence-corrected chi connectivity index (χ3v) is 11.5. The van der Waals surface area contributed by atoms with Gasteiger partial charge in [-0.25, -0.2) is 5.26 Å². The van der Waals surface area contributed by atoms with Gasteiger partial charge in [0.25, 0.3) is 30.4 Å². The van der Waals surface area contributed by atoms with Gasteiger partial charge in [-0.1, -0.05) is 17.2 Å². The van der Waals surface area contributed by atoms with Crippen LogP contribution in [0.25, 0.3) is 0 Å². The summed E-state index contributed by atoms with van der Waals surface area (Å²) in [4.78, 5) is 14.6. The number of nitrogens with one attached hydrogen (secondary N) is 2. The summed E-state index contributed by atoms with van der Waals surface area (Å²) in [5.41, 5.74) is 1.74. The van der Waals surface area contributed by atoms with Crippen LogP contribution in [0.1, 0.15) is 12.8 Å². The van der Waals surface area contributed by atoms with Gasteiger partial charge in [0.1, 0.15) is 11.5 Å². The highest BCUT2D eigenvalue weighted by atomic mass is 32.2. The van der Waals surface area contributed by atoms with Crippen LogP contribution in [0, 0.1) is 0 Å². The van der Waals surface area contributed by atoms with E-state index in [1.807, 2.05) is 0 Å². The standard InChI is InChI=1S/C34H34N10O14S4/c1-55-29-18-23(42-41-22-7-5-9-26(17-22)61(49,50)51)10-12-27(29)35-32-37-33(39-34(38-32)44-20-31(44)62(52,53)54)36-28-13-11-24(19-30(28)56-14-2-3-15-60(46,47)48)43-40-21-6-4-8-25(16-21)59-58-57-45/h4-13,16-19,31,45H,2-3,14-15,20H2,1H3,(H,46,47,48)(H,49,50,51)(H,52,53,54)(H2,35,36,37,38,39). The first-order valence-electron chi connectivity index (χ1n) is 17.6. The lowest BCUT2D eigenvalue weighted by Crippen LogP contribution is -2.15. The molecule has 0 aliphatic carbocycles.